The molecule has 0 aromatic rings. The quantitative estimate of drug-likeness (QED) is 0.847. The molecular weight excluding hydrogens is 280 g/mol. The topological polar surface area (TPSA) is 64.8 Å². The second-order valence-electron chi connectivity index (χ2n) is 5.77. The van der Waals surface area contributed by atoms with Crippen molar-refractivity contribution < 1.29 is 14.3 Å². The number of carbonyl (C=O) groups is 1. The molecule has 1 atom stereocenters. The normalized spacial score (nSPS) is 25.6. The van der Waals surface area contributed by atoms with Gasteiger partial charge in [-0.15, -0.1) is 12.4 Å². The van der Waals surface area contributed by atoms with Gasteiger partial charge in [0, 0.05) is 40.0 Å². The number of halogens is 1. The van der Waals surface area contributed by atoms with Gasteiger partial charge in [-0.25, -0.2) is 0 Å². The first-order valence-corrected chi connectivity index (χ1v) is 7.33. The number of hydrogen-bond donors (Lipinski definition) is 1. The highest BCUT2D eigenvalue weighted by Gasteiger charge is 2.40. The lowest BCUT2D eigenvalue weighted by molar-refractivity contribution is -0.148. The lowest BCUT2D eigenvalue weighted by atomic mass is 9.79. The Hall–Kier alpha value is -0.360. The summed E-state index contributed by atoms with van der Waals surface area (Å²) in [6, 6.07) is 0. The van der Waals surface area contributed by atoms with Crippen LogP contribution in [-0.4, -0.2) is 56.9 Å². The van der Waals surface area contributed by atoms with Gasteiger partial charge in [0.15, 0.2) is 0 Å². The van der Waals surface area contributed by atoms with Gasteiger partial charge in [-0.2, -0.15) is 0 Å². The summed E-state index contributed by atoms with van der Waals surface area (Å²) in [6.07, 6.45) is 5.05. The fourth-order valence-corrected chi connectivity index (χ4v) is 3.01. The van der Waals surface area contributed by atoms with Crippen LogP contribution in [0.1, 0.15) is 32.1 Å². The summed E-state index contributed by atoms with van der Waals surface area (Å²) in [5.41, 5.74) is 5.46. The van der Waals surface area contributed by atoms with E-state index in [0.717, 1.165) is 32.3 Å². The Morgan fingerprint density at radius 2 is 2.00 bits per heavy atom. The Morgan fingerprint density at radius 3 is 2.55 bits per heavy atom. The van der Waals surface area contributed by atoms with E-state index in [9.17, 15) is 4.79 Å². The number of hydrogen-bond acceptors (Lipinski definition) is 4. The molecule has 2 saturated heterocycles. The zero-order chi connectivity index (χ0) is 13.7. The molecule has 0 saturated carbocycles. The van der Waals surface area contributed by atoms with Crippen LogP contribution >= 0.6 is 12.4 Å². The van der Waals surface area contributed by atoms with Crippen LogP contribution in [0.15, 0.2) is 0 Å². The molecule has 2 rings (SSSR count). The van der Waals surface area contributed by atoms with Gasteiger partial charge in [0.2, 0.25) is 5.91 Å². The third-order valence-electron chi connectivity index (χ3n) is 4.39. The maximum atomic E-state index is 12.7. The number of ether oxygens (including phenoxy) is 2. The van der Waals surface area contributed by atoms with E-state index in [-0.39, 0.29) is 24.4 Å². The van der Waals surface area contributed by atoms with Crippen molar-refractivity contribution >= 4 is 18.3 Å². The van der Waals surface area contributed by atoms with Gasteiger partial charge in [-0.05, 0) is 32.1 Å². The predicted molar refractivity (Wildman–Crippen MR) is 80.0 cm³/mol. The predicted octanol–water partition coefficient (Wildman–Crippen LogP) is 1.19. The number of nitrogens with two attached hydrogens (primary N) is 1. The molecule has 0 spiro atoms. The van der Waals surface area contributed by atoms with Crippen molar-refractivity contribution in [2.75, 3.05) is 40.0 Å². The van der Waals surface area contributed by atoms with Crippen LogP contribution < -0.4 is 5.73 Å². The third-order valence-corrected chi connectivity index (χ3v) is 4.39. The van der Waals surface area contributed by atoms with Crippen LogP contribution in [-0.2, 0) is 14.3 Å². The average Bonchev–Trinajstić information content (AvgIpc) is 2.48. The van der Waals surface area contributed by atoms with Crippen LogP contribution in [0.4, 0.5) is 0 Å². The zero-order valence-electron chi connectivity index (χ0n) is 12.3. The van der Waals surface area contributed by atoms with Crippen LogP contribution in [0.25, 0.3) is 0 Å². The number of carbonyl (C=O) groups excluding carboxylic acids is 1. The van der Waals surface area contributed by atoms with Gasteiger partial charge in [-0.3, -0.25) is 4.79 Å². The van der Waals surface area contributed by atoms with Crippen molar-refractivity contribution in [1.29, 1.82) is 0 Å². The van der Waals surface area contributed by atoms with Crippen molar-refractivity contribution in [3.63, 3.8) is 0 Å². The minimum absolute atomic E-state index is 0. The minimum atomic E-state index is -0.415. The number of amides is 1. The molecule has 2 N–H and O–H groups in total. The molecule has 0 radical (unpaired) electrons. The van der Waals surface area contributed by atoms with E-state index in [4.69, 9.17) is 15.2 Å². The molecule has 20 heavy (non-hydrogen) atoms. The van der Waals surface area contributed by atoms with E-state index in [1.54, 1.807) is 0 Å². The van der Waals surface area contributed by atoms with Crippen molar-refractivity contribution in [1.82, 2.24) is 4.90 Å². The lowest BCUT2D eigenvalue weighted by Crippen LogP contribution is -2.51. The second-order valence-corrected chi connectivity index (χ2v) is 5.77. The van der Waals surface area contributed by atoms with Crippen LogP contribution in [0, 0.1) is 5.41 Å². The molecule has 2 fully saturated rings. The molecule has 2 aliphatic heterocycles. The first-order chi connectivity index (χ1) is 9.18. The summed E-state index contributed by atoms with van der Waals surface area (Å²) < 4.78 is 11.1. The second kappa shape index (κ2) is 8.17. The van der Waals surface area contributed by atoms with Gasteiger partial charge < -0.3 is 20.1 Å². The Labute approximate surface area is 127 Å². The van der Waals surface area contributed by atoms with Gasteiger partial charge >= 0.3 is 0 Å². The molecule has 0 aromatic carbocycles. The molecule has 1 unspecified atom stereocenters. The Balaban J connectivity index is 0.00000200. The van der Waals surface area contributed by atoms with E-state index in [1.165, 1.54) is 6.42 Å². The maximum absolute atomic E-state index is 12.7. The monoisotopic (exact) mass is 306 g/mol. The number of rotatable bonds is 4. The highest BCUT2D eigenvalue weighted by Crippen LogP contribution is 2.31. The Bertz CT molecular complexity index is 303. The zero-order valence-corrected chi connectivity index (χ0v) is 13.1. The van der Waals surface area contributed by atoms with E-state index < -0.39 is 5.41 Å². The fraction of sp³-hybridized carbons (Fsp3) is 0.929. The van der Waals surface area contributed by atoms with Gasteiger partial charge in [0.25, 0.3) is 0 Å². The minimum Gasteiger partial charge on any atom is -0.381 e. The maximum Gasteiger partial charge on any atom is 0.230 e. The summed E-state index contributed by atoms with van der Waals surface area (Å²) in [4.78, 5) is 14.5. The van der Waals surface area contributed by atoms with E-state index >= 15 is 0 Å². The molecule has 1 amide bonds. The lowest BCUT2D eigenvalue weighted by Gasteiger charge is -2.38. The smallest absolute Gasteiger partial charge is 0.230 e. The first-order valence-electron chi connectivity index (χ1n) is 7.33. The largest absolute Gasteiger partial charge is 0.381 e. The van der Waals surface area contributed by atoms with Crippen molar-refractivity contribution in [3.8, 4) is 0 Å². The summed E-state index contributed by atoms with van der Waals surface area (Å²) in [7, 11) is 1.87. The van der Waals surface area contributed by atoms with Gasteiger partial charge in [0.05, 0.1) is 11.5 Å². The van der Waals surface area contributed by atoms with Crippen molar-refractivity contribution in [2.45, 2.75) is 38.2 Å². The third kappa shape index (κ3) is 4.07. The first kappa shape index (κ1) is 17.7. The SMILES string of the molecule is CN(CC1CCCCO1)C(=O)C1(CN)CCOCC1.Cl. The standard InChI is InChI=1S/C14H26N2O3.ClH/c1-16(10-12-4-2-3-7-19-12)13(17)14(11-15)5-8-18-9-6-14;/h12H,2-11,15H2,1H3;1H. The number of likely N-dealkylation sites (N-methyl/N-ethyl adjacent to an activating group) is 1. The molecule has 2 heterocycles. The van der Waals surface area contributed by atoms with Crippen molar-refractivity contribution in [3.05, 3.63) is 0 Å². The highest BCUT2D eigenvalue weighted by molar-refractivity contribution is 5.85. The molecule has 0 aromatic heterocycles. The molecule has 0 aliphatic carbocycles. The molecule has 0 bridgehead atoms. The van der Waals surface area contributed by atoms with E-state index in [2.05, 4.69) is 0 Å². The highest BCUT2D eigenvalue weighted by atomic mass is 35.5. The summed E-state index contributed by atoms with van der Waals surface area (Å²) >= 11 is 0. The summed E-state index contributed by atoms with van der Waals surface area (Å²) in [5.74, 6) is 0.160. The number of nitrogens with zero attached hydrogens (tertiary/aromatic N) is 1. The Morgan fingerprint density at radius 1 is 1.30 bits per heavy atom. The van der Waals surface area contributed by atoms with E-state index in [1.807, 2.05) is 11.9 Å². The van der Waals surface area contributed by atoms with Gasteiger partial charge in [-0.1, -0.05) is 0 Å². The molecule has 118 valence electrons. The van der Waals surface area contributed by atoms with Crippen LogP contribution in [0.5, 0.6) is 0 Å². The molecule has 5 nitrogen and oxygen atoms in total. The van der Waals surface area contributed by atoms with Gasteiger partial charge in [0.1, 0.15) is 0 Å². The summed E-state index contributed by atoms with van der Waals surface area (Å²) in [6.45, 7) is 3.18. The molecular formula is C14H27ClN2O3. The van der Waals surface area contributed by atoms with Crippen LogP contribution in [0.2, 0.25) is 0 Å². The fourth-order valence-electron chi connectivity index (χ4n) is 3.01. The van der Waals surface area contributed by atoms with Crippen molar-refractivity contribution in [2.24, 2.45) is 11.1 Å². The van der Waals surface area contributed by atoms with Crippen LogP contribution in [0.3, 0.4) is 0 Å². The summed E-state index contributed by atoms with van der Waals surface area (Å²) in [5, 5.41) is 0. The Kier molecular flexibility index (Phi) is 7.23. The molecule has 2 aliphatic rings. The molecule has 6 heteroatoms. The van der Waals surface area contributed by atoms with E-state index in [0.29, 0.717) is 26.3 Å². The average molecular weight is 307 g/mol.